The molecule has 1 rings (SSSR count). The molecule has 0 aliphatic rings. The van der Waals surface area contributed by atoms with Crippen molar-refractivity contribution in [3.05, 3.63) is 29.8 Å². The van der Waals surface area contributed by atoms with Crippen molar-refractivity contribution in [2.45, 2.75) is 0 Å². The number of rotatable bonds is 1. The maximum absolute atomic E-state index is 8.46. The Labute approximate surface area is 67.8 Å². The van der Waals surface area contributed by atoms with Crippen LogP contribution in [0, 0.1) is 11.3 Å². The lowest BCUT2D eigenvalue weighted by molar-refractivity contribution is 1.49. The lowest BCUT2D eigenvalue weighted by Gasteiger charge is -1.95. The van der Waals surface area contributed by atoms with Crippen LogP contribution in [0.4, 0.5) is 5.69 Å². The van der Waals surface area contributed by atoms with E-state index in [1.807, 2.05) is 18.2 Å². The number of hydrogen-bond donors (Lipinski definition) is 1. The normalized spacial score (nSPS) is 8.40. The first-order valence-electron chi connectivity index (χ1n) is 2.73. The largest absolute Gasteiger partial charge is 0.322 e. The highest BCUT2D eigenvalue weighted by atomic mass is 79.9. The summed E-state index contributed by atoms with van der Waals surface area (Å²) in [5, 5.41) is 8.46. The summed E-state index contributed by atoms with van der Waals surface area (Å²) >= 11 is 3.06. The molecule has 1 N–H and O–H groups in total. The number of nitrogens with one attached hydrogen (secondary N) is 1. The molecule has 0 saturated heterocycles. The Kier molecular flexibility index (Phi) is 2.30. The monoisotopic (exact) mass is 196 g/mol. The fraction of sp³-hybridized carbons (Fsp3) is 0. The van der Waals surface area contributed by atoms with E-state index < -0.39 is 0 Å². The fourth-order valence-corrected chi connectivity index (χ4v) is 0.894. The molecule has 2 nitrogen and oxygen atoms in total. The molecule has 0 radical (unpaired) electrons. The van der Waals surface area contributed by atoms with E-state index in [-0.39, 0.29) is 0 Å². The Morgan fingerprint density at radius 3 is 2.90 bits per heavy atom. The molecule has 3 heteroatoms. The van der Waals surface area contributed by atoms with Crippen molar-refractivity contribution in [2.24, 2.45) is 0 Å². The summed E-state index contributed by atoms with van der Waals surface area (Å²) in [6.45, 7) is 0. The molecule has 0 fully saturated rings. The van der Waals surface area contributed by atoms with Crippen molar-refractivity contribution in [3.8, 4) is 6.07 Å². The summed E-state index contributed by atoms with van der Waals surface area (Å²) in [6, 6.07) is 9.25. The third kappa shape index (κ3) is 1.49. The fourth-order valence-electron chi connectivity index (χ4n) is 0.648. The van der Waals surface area contributed by atoms with Crippen molar-refractivity contribution >= 4 is 21.8 Å². The molecule has 0 aliphatic carbocycles. The summed E-state index contributed by atoms with van der Waals surface area (Å²) < 4.78 is 2.76. The van der Waals surface area contributed by atoms with Crippen LogP contribution in [-0.2, 0) is 0 Å². The molecule has 0 saturated carbocycles. The topological polar surface area (TPSA) is 35.8 Å². The number of hydrogen-bond acceptors (Lipinski definition) is 2. The van der Waals surface area contributed by atoms with Crippen LogP contribution in [0.25, 0.3) is 0 Å². The highest BCUT2D eigenvalue weighted by Gasteiger charge is 1.89. The molecule has 10 heavy (non-hydrogen) atoms. The molecule has 0 heterocycles. The van der Waals surface area contributed by atoms with Crippen LogP contribution >= 0.6 is 16.1 Å². The Hall–Kier alpha value is -1.01. The van der Waals surface area contributed by atoms with Gasteiger partial charge >= 0.3 is 0 Å². The van der Waals surface area contributed by atoms with E-state index in [1.54, 1.807) is 12.1 Å². The van der Waals surface area contributed by atoms with Crippen molar-refractivity contribution in [3.63, 3.8) is 0 Å². The molecule has 0 spiro atoms. The third-order valence-electron chi connectivity index (χ3n) is 1.10. The Morgan fingerprint density at radius 2 is 2.30 bits per heavy atom. The minimum atomic E-state index is 0.657. The van der Waals surface area contributed by atoms with Gasteiger partial charge in [0.15, 0.2) is 0 Å². The van der Waals surface area contributed by atoms with Gasteiger partial charge in [0.25, 0.3) is 0 Å². The summed E-state index contributed by atoms with van der Waals surface area (Å²) in [5.41, 5.74) is 1.54. The maximum Gasteiger partial charge on any atom is 0.0992 e. The highest BCUT2D eigenvalue weighted by molar-refractivity contribution is 9.10. The van der Waals surface area contributed by atoms with Gasteiger partial charge in [0.2, 0.25) is 0 Å². The van der Waals surface area contributed by atoms with E-state index in [9.17, 15) is 0 Å². The van der Waals surface area contributed by atoms with E-state index in [0.717, 1.165) is 5.69 Å². The smallest absolute Gasteiger partial charge is 0.0992 e. The summed E-state index contributed by atoms with van der Waals surface area (Å²) in [5.74, 6) is 0. The Morgan fingerprint density at radius 1 is 1.50 bits per heavy atom. The van der Waals surface area contributed by atoms with Gasteiger partial charge < -0.3 is 4.34 Å². The van der Waals surface area contributed by atoms with Crippen molar-refractivity contribution in [1.29, 1.82) is 5.26 Å². The van der Waals surface area contributed by atoms with Crippen LogP contribution in [0.2, 0.25) is 0 Å². The van der Waals surface area contributed by atoms with Crippen LogP contribution in [0.1, 0.15) is 5.56 Å². The number of nitriles is 1. The maximum atomic E-state index is 8.46. The van der Waals surface area contributed by atoms with Gasteiger partial charge in [0, 0.05) is 21.8 Å². The molecule has 0 aromatic heterocycles. The quantitative estimate of drug-likeness (QED) is 0.701. The van der Waals surface area contributed by atoms with Crippen molar-refractivity contribution in [1.82, 2.24) is 0 Å². The lowest BCUT2D eigenvalue weighted by atomic mass is 10.2. The molecule has 1 aromatic rings. The van der Waals surface area contributed by atoms with Crippen molar-refractivity contribution < 1.29 is 0 Å². The standard InChI is InChI=1S/C7H5BrN2/c8-10-7-3-1-2-6(4-7)5-9/h1-4,10H. The predicted molar refractivity (Wildman–Crippen MR) is 43.7 cm³/mol. The molecule has 0 amide bonds. The third-order valence-corrected chi connectivity index (χ3v) is 1.56. The van der Waals surface area contributed by atoms with Crippen LogP contribution in [0.5, 0.6) is 0 Å². The molecule has 0 unspecified atom stereocenters. The summed E-state index contributed by atoms with van der Waals surface area (Å²) in [6.07, 6.45) is 0. The number of halogens is 1. The minimum Gasteiger partial charge on any atom is -0.322 e. The molecular weight excluding hydrogens is 192 g/mol. The van der Waals surface area contributed by atoms with E-state index >= 15 is 0 Å². The number of anilines is 1. The SMILES string of the molecule is N#Cc1cccc(NBr)c1. The Balaban J connectivity index is 3.01. The first-order valence-corrected chi connectivity index (χ1v) is 3.53. The van der Waals surface area contributed by atoms with Gasteiger partial charge in [0.05, 0.1) is 11.6 Å². The van der Waals surface area contributed by atoms with E-state index in [2.05, 4.69) is 20.5 Å². The molecule has 0 aliphatic heterocycles. The average molecular weight is 197 g/mol. The van der Waals surface area contributed by atoms with Gasteiger partial charge in [-0.1, -0.05) is 6.07 Å². The second-order valence-electron chi connectivity index (χ2n) is 1.79. The van der Waals surface area contributed by atoms with Crippen LogP contribution in [0.3, 0.4) is 0 Å². The molecule has 0 bridgehead atoms. The van der Waals surface area contributed by atoms with Crippen molar-refractivity contribution in [2.75, 3.05) is 4.34 Å². The first kappa shape index (κ1) is 7.10. The zero-order valence-electron chi connectivity index (χ0n) is 5.13. The van der Waals surface area contributed by atoms with Crippen LogP contribution in [-0.4, -0.2) is 0 Å². The van der Waals surface area contributed by atoms with Gasteiger partial charge in [-0.3, -0.25) is 0 Å². The van der Waals surface area contributed by atoms with Gasteiger partial charge in [-0.2, -0.15) is 5.26 Å². The van der Waals surface area contributed by atoms with E-state index in [1.165, 1.54) is 0 Å². The van der Waals surface area contributed by atoms with E-state index in [0.29, 0.717) is 5.56 Å². The number of benzene rings is 1. The van der Waals surface area contributed by atoms with Gasteiger partial charge in [0.1, 0.15) is 0 Å². The predicted octanol–water partition coefficient (Wildman–Crippen LogP) is 2.28. The molecule has 0 atom stereocenters. The number of nitrogens with zero attached hydrogens (tertiary/aromatic N) is 1. The average Bonchev–Trinajstić information content (AvgIpc) is 2.05. The van der Waals surface area contributed by atoms with Crippen LogP contribution in [0.15, 0.2) is 24.3 Å². The molecular formula is C7H5BrN2. The minimum absolute atomic E-state index is 0.657. The zero-order chi connectivity index (χ0) is 7.40. The molecule has 1 aromatic carbocycles. The zero-order valence-corrected chi connectivity index (χ0v) is 6.72. The van der Waals surface area contributed by atoms with Crippen LogP contribution < -0.4 is 4.34 Å². The molecule has 50 valence electrons. The van der Waals surface area contributed by atoms with Gasteiger partial charge in [-0.05, 0) is 18.2 Å². The van der Waals surface area contributed by atoms with Gasteiger partial charge in [-0.15, -0.1) is 0 Å². The van der Waals surface area contributed by atoms with E-state index in [4.69, 9.17) is 5.26 Å². The second-order valence-corrected chi connectivity index (χ2v) is 2.18. The highest BCUT2D eigenvalue weighted by Crippen LogP contribution is 2.10. The second kappa shape index (κ2) is 3.23. The Bertz CT molecular complexity index is 265. The summed E-state index contributed by atoms with van der Waals surface area (Å²) in [7, 11) is 0. The lowest BCUT2D eigenvalue weighted by Crippen LogP contribution is -1.79. The summed E-state index contributed by atoms with van der Waals surface area (Å²) in [4.78, 5) is 0. The first-order chi connectivity index (χ1) is 4.86. The van der Waals surface area contributed by atoms with Gasteiger partial charge in [-0.25, -0.2) is 0 Å².